The fourth-order valence-electron chi connectivity index (χ4n) is 2.12. The molecule has 3 N–H and O–H groups in total. The number of carbonyl (C=O) groups is 3. The molecule has 1 aromatic carbocycles. The SMILES string of the molecule is Cc1ccc(NC(=O)CN2CC(=O)NCC2C(=O)O)cc1. The van der Waals surface area contributed by atoms with Crippen LogP contribution in [0, 0.1) is 6.92 Å². The number of carbonyl (C=O) groups excluding carboxylic acids is 2. The van der Waals surface area contributed by atoms with Crippen LogP contribution in [-0.4, -0.2) is 53.5 Å². The van der Waals surface area contributed by atoms with E-state index in [0.717, 1.165) is 5.56 Å². The van der Waals surface area contributed by atoms with E-state index in [1.54, 1.807) is 12.1 Å². The predicted molar refractivity (Wildman–Crippen MR) is 75.8 cm³/mol. The van der Waals surface area contributed by atoms with Crippen LogP contribution >= 0.6 is 0 Å². The van der Waals surface area contributed by atoms with Gasteiger partial charge in [-0.05, 0) is 19.1 Å². The van der Waals surface area contributed by atoms with Crippen LogP contribution in [0.2, 0.25) is 0 Å². The molecule has 0 aromatic heterocycles. The minimum atomic E-state index is -1.06. The van der Waals surface area contributed by atoms with E-state index in [-0.39, 0.29) is 31.4 Å². The third-order valence-corrected chi connectivity index (χ3v) is 3.25. The molecule has 1 fully saturated rings. The zero-order valence-corrected chi connectivity index (χ0v) is 11.6. The zero-order chi connectivity index (χ0) is 15.4. The van der Waals surface area contributed by atoms with Gasteiger partial charge in [0.25, 0.3) is 0 Å². The minimum Gasteiger partial charge on any atom is -0.480 e. The molecule has 21 heavy (non-hydrogen) atoms. The Labute approximate surface area is 121 Å². The number of carboxylic acids is 1. The van der Waals surface area contributed by atoms with Gasteiger partial charge in [-0.15, -0.1) is 0 Å². The molecule has 0 spiro atoms. The van der Waals surface area contributed by atoms with Gasteiger partial charge in [0.2, 0.25) is 11.8 Å². The number of amides is 2. The number of aliphatic carboxylic acids is 1. The number of nitrogens with zero attached hydrogens (tertiary/aromatic N) is 1. The number of hydrogen-bond donors (Lipinski definition) is 3. The van der Waals surface area contributed by atoms with E-state index in [4.69, 9.17) is 5.11 Å². The second kappa shape index (κ2) is 6.36. The molecule has 1 aliphatic heterocycles. The summed E-state index contributed by atoms with van der Waals surface area (Å²) in [5.74, 6) is -1.69. The van der Waals surface area contributed by atoms with E-state index in [9.17, 15) is 14.4 Å². The van der Waals surface area contributed by atoms with Crippen LogP contribution in [0.1, 0.15) is 5.56 Å². The first-order valence-corrected chi connectivity index (χ1v) is 6.56. The van der Waals surface area contributed by atoms with Gasteiger partial charge in [0, 0.05) is 12.2 Å². The highest BCUT2D eigenvalue weighted by Gasteiger charge is 2.32. The summed E-state index contributed by atoms with van der Waals surface area (Å²) in [7, 11) is 0. The van der Waals surface area contributed by atoms with Crippen LogP contribution in [0.5, 0.6) is 0 Å². The summed E-state index contributed by atoms with van der Waals surface area (Å²) >= 11 is 0. The predicted octanol–water partition coefficient (Wildman–Crippen LogP) is -0.181. The monoisotopic (exact) mass is 291 g/mol. The summed E-state index contributed by atoms with van der Waals surface area (Å²) in [6.45, 7) is 1.71. The number of benzene rings is 1. The molecule has 1 saturated heterocycles. The van der Waals surface area contributed by atoms with Crippen molar-refractivity contribution in [2.24, 2.45) is 0 Å². The average molecular weight is 291 g/mol. The Morgan fingerprint density at radius 3 is 2.67 bits per heavy atom. The molecule has 2 amide bonds. The van der Waals surface area contributed by atoms with Crippen LogP contribution < -0.4 is 10.6 Å². The summed E-state index contributed by atoms with van der Waals surface area (Å²) in [6, 6.07) is 6.38. The summed E-state index contributed by atoms with van der Waals surface area (Å²) in [4.78, 5) is 35.8. The maximum atomic E-state index is 12.0. The Morgan fingerprint density at radius 2 is 2.05 bits per heavy atom. The lowest BCUT2D eigenvalue weighted by atomic mass is 10.2. The standard InChI is InChI=1S/C14H17N3O4/c1-9-2-4-10(5-3-9)16-13(19)8-17-7-12(18)15-6-11(17)14(20)21/h2-5,11H,6-8H2,1H3,(H,15,18)(H,16,19)(H,20,21). The number of aryl methyl sites for hydroxylation is 1. The Kier molecular flexibility index (Phi) is 4.54. The van der Waals surface area contributed by atoms with Crippen molar-refractivity contribution in [1.29, 1.82) is 0 Å². The molecule has 1 atom stereocenters. The molecule has 0 bridgehead atoms. The zero-order valence-electron chi connectivity index (χ0n) is 11.6. The fourth-order valence-corrected chi connectivity index (χ4v) is 2.12. The van der Waals surface area contributed by atoms with Gasteiger partial charge in [0.05, 0.1) is 13.1 Å². The number of anilines is 1. The van der Waals surface area contributed by atoms with E-state index in [1.807, 2.05) is 19.1 Å². The first kappa shape index (κ1) is 15.0. The van der Waals surface area contributed by atoms with Gasteiger partial charge in [-0.25, -0.2) is 0 Å². The lowest BCUT2D eigenvalue weighted by molar-refractivity contribution is -0.146. The van der Waals surface area contributed by atoms with Gasteiger partial charge in [0.1, 0.15) is 6.04 Å². The largest absolute Gasteiger partial charge is 0.480 e. The highest BCUT2D eigenvalue weighted by atomic mass is 16.4. The van der Waals surface area contributed by atoms with Crippen LogP contribution in [0.15, 0.2) is 24.3 Å². The van der Waals surface area contributed by atoms with E-state index in [1.165, 1.54) is 4.90 Å². The van der Waals surface area contributed by atoms with Crippen molar-refractivity contribution in [3.63, 3.8) is 0 Å². The van der Waals surface area contributed by atoms with Crippen molar-refractivity contribution >= 4 is 23.5 Å². The Bertz CT molecular complexity index is 556. The smallest absolute Gasteiger partial charge is 0.322 e. The molecule has 1 aromatic rings. The molecule has 7 heteroatoms. The van der Waals surface area contributed by atoms with E-state index in [2.05, 4.69) is 10.6 Å². The minimum absolute atomic E-state index is 0.00593. The molecule has 1 unspecified atom stereocenters. The highest BCUT2D eigenvalue weighted by Crippen LogP contribution is 2.10. The second-order valence-corrected chi connectivity index (χ2v) is 4.98. The Hall–Kier alpha value is -2.41. The van der Waals surface area contributed by atoms with Gasteiger partial charge < -0.3 is 15.7 Å². The summed E-state index contributed by atoms with van der Waals surface area (Å²) in [5.41, 5.74) is 1.71. The van der Waals surface area contributed by atoms with E-state index < -0.39 is 12.0 Å². The van der Waals surface area contributed by atoms with Gasteiger partial charge >= 0.3 is 5.97 Å². The molecule has 1 aliphatic rings. The number of rotatable bonds is 4. The summed E-state index contributed by atoms with van der Waals surface area (Å²) in [6.07, 6.45) is 0. The third kappa shape index (κ3) is 4.03. The Morgan fingerprint density at radius 1 is 1.38 bits per heavy atom. The number of piperazine rings is 1. The van der Waals surface area contributed by atoms with Crippen LogP contribution in [0.4, 0.5) is 5.69 Å². The molecular weight excluding hydrogens is 274 g/mol. The number of hydrogen-bond acceptors (Lipinski definition) is 4. The van der Waals surface area contributed by atoms with Crippen molar-refractivity contribution in [1.82, 2.24) is 10.2 Å². The van der Waals surface area contributed by atoms with Gasteiger partial charge in [-0.3, -0.25) is 19.3 Å². The summed E-state index contributed by atoms with van der Waals surface area (Å²) < 4.78 is 0. The maximum absolute atomic E-state index is 12.0. The normalized spacial score (nSPS) is 18.9. The Balaban J connectivity index is 1.97. The lowest BCUT2D eigenvalue weighted by Gasteiger charge is -2.31. The first-order chi connectivity index (χ1) is 9.95. The molecule has 0 radical (unpaired) electrons. The molecule has 0 saturated carbocycles. The average Bonchev–Trinajstić information content (AvgIpc) is 2.41. The van der Waals surface area contributed by atoms with Crippen LogP contribution in [-0.2, 0) is 14.4 Å². The number of carboxylic acid groups (broad SMARTS) is 1. The molecule has 1 heterocycles. The quantitative estimate of drug-likeness (QED) is 0.714. The van der Waals surface area contributed by atoms with Crippen LogP contribution in [0.25, 0.3) is 0 Å². The topological polar surface area (TPSA) is 98.7 Å². The first-order valence-electron chi connectivity index (χ1n) is 6.56. The van der Waals surface area contributed by atoms with Crippen molar-refractivity contribution < 1.29 is 19.5 Å². The molecule has 0 aliphatic carbocycles. The van der Waals surface area contributed by atoms with Gasteiger partial charge in [-0.1, -0.05) is 17.7 Å². The van der Waals surface area contributed by atoms with E-state index in [0.29, 0.717) is 5.69 Å². The highest BCUT2D eigenvalue weighted by molar-refractivity contribution is 5.93. The number of nitrogens with one attached hydrogen (secondary N) is 2. The van der Waals surface area contributed by atoms with Gasteiger partial charge in [-0.2, -0.15) is 0 Å². The summed E-state index contributed by atoms with van der Waals surface area (Å²) in [5, 5.41) is 14.3. The van der Waals surface area contributed by atoms with Crippen molar-refractivity contribution in [2.45, 2.75) is 13.0 Å². The molecule has 7 nitrogen and oxygen atoms in total. The van der Waals surface area contributed by atoms with Crippen molar-refractivity contribution in [2.75, 3.05) is 25.0 Å². The maximum Gasteiger partial charge on any atom is 0.322 e. The lowest BCUT2D eigenvalue weighted by Crippen LogP contribution is -2.58. The molecule has 2 rings (SSSR count). The van der Waals surface area contributed by atoms with Crippen LogP contribution in [0.3, 0.4) is 0 Å². The fraction of sp³-hybridized carbons (Fsp3) is 0.357. The van der Waals surface area contributed by atoms with Gasteiger partial charge in [0.15, 0.2) is 0 Å². The molecule has 112 valence electrons. The second-order valence-electron chi connectivity index (χ2n) is 4.98. The van der Waals surface area contributed by atoms with Crippen molar-refractivity contribution in [3.8, 4) is 0 Å². The van der Waals surface area contributed by atoms with Crippen molar-refractivity contribution in [3.05, 3.63) is 29.8 Å². The third-order valence-electron chi connectivity index (χ3n) is 3.25. The van der Waals surface area contributed by atoms with E-state index >= 15 is 0 Å². The molecular formula is C14H17N3O4.